The van der Waals surface area contributed by atoms with Crippen molar-refractivity contribution in [2.75, 3.05) is 19.6 Å². The van der Waals surface area contributed by atoms with E-state index in [1.54, 1.807) is 0 Å². The fraction of sp³-hybridized carbons (Fsp3) is 0.667. The van der Waals surface area contributed by atoms with E-state index in [-0.39, 0.29) is 22.9 Å². The van der Waals surface area contributed by atoms with Crippen LogP contribution >= 0.6 is 0 Å². The van der Waals surface area contributed by atoms with E-state index in [0.717, 1.165) is 37.8 Å². The number of hydrogen-bond acceptors (Lipinski definition) is 3. The predicted octanol–water partition coefficient (Wildman–Crippen LogP) is 3.57. The summed E-state index contributed by atoms with van der Waals surface area (Å²) in [5.41, 5.74) is -0.790. The van der Waals surface area contributed by atoms with E-state index < -0.39 is 22.7 Å². The fourth-order valence-electron chi connectivity index (χ4n) is 3.82. The molecule has 168 valence electrons. The monoisotopic (exact) mass is 445 g/mol. The molecule has 0 aromatic heterocycles. The first-order valence-electron chi connectivity index (χ1n) is 10.6. The Labute approximate surface area is 178 Å². The Morgan fingerprint density at radius 3 is 2.63 bits per heavy atom. The zero-order chi connectivity index (χ0) is 21.9. The van der Waals surface area contributed by atoms with E-state index in [1.807, 2.05) is 23.1 Å². The molecule has 2 aliphatic rings. The lowest BCUT2D eigenvalue weighted by molar-refractivity contribution is -0.137. The van der Waals surface area contributed by atoms with Crippen molar-refractivity contribution in [3.8, 4) is 0 Å². The number of benzene rings is 1. The minimum Gasteiger partial charge on any atom is -0.341 e. The molecular formula is C21H30F3N3O2S. The number of halogens is 3. The number of alkyl halides is 3. The van der Waals surface area contributed by atoms with Gasteiger partial charge in [0.25, 0.3) is 0 Å². The predicted molar refractivity (Wildman–Crippen MR) is 110 cm³/mol. The van der Waals surface area contributed by atoms with Crippen molar-refractivity contribution in [1.29, 1.82) is 0 Å². The van der Waals surface area contributed by atoms with Gasteiger partial charge in [-0.25, -0.2) is 8.51 Å². The Bertz CT molecular complexity index is 768. The molecule has 1 saturated heterocycles. The molecule has 9 heteroatoms. The summed E-state index contributed by atoms with van der Waals surface area (Å²) >= 11 is 0. The molecule has 1 saturated carbocycles. The Hall–Kier alpha value is -1.45. The summed E-state index contributed by atoms with van der Waals surface area (Å²) in [6, 6.07) is 5.08. The van der Waals surface area contributed by atoms with Gasteiger partial charge < -0.3 is 10.2 Å². The number of carbonyl (C=O) groups excluding carboxylic acids is 1. The third-order valence-corrected chi connectivity index (χ3v) is 7.10. The highest BCUT2D eigenvalue weighted by atomic mass is 32.2. The van der Waals surface area contributed by atoms with Crippen LogP contribution in [0.2, 0.25) is 0 Å². The topological polar surface area (TPSA) is 52.7 Å². The van der Waals surface area contributed by atoms with Crippen molar-refractivity contribution < 1.29 is 22.2 Å². The van der Waals surface area contributed by atoms with Crippen molar-refractivity contribution in [3.63, 3.8) is 0 Å². The third-order valence-electron chi connectivity index (χ3n) is 5.46. The second kappa shape index (κ2) is 9.78. The first kappa shape index (κ1) is 23.2. The van der Waals surface area contributed by atoms with Gasteiger partial charge in [0, 0.05) is 44.2 Å². The number of piperidine rings is 1. The molecule has 1 heterocycles. The average Bonchev–Trinajstić information content (AvgIpc) is 3.52. The van der Waals surface area contributed by atoms with E-state index in [2.05, 4.69) is 5.32 Å². The Morgan fingerprint density at radius 1 is 1.27 bits per heavy atom. The smallest absolute Gasteiger partial charge is 0.341 e. The van der Waals surface area contributed by atoms with E-state index in [9.17, 15) is 22.2 Å². The maximum atomic E-state index is 13.3. The van der Waals surface area contributed by atoms with Crippen LogP contribution in [0.5, 0.6) is 0 Å². The van der Waals surface area contributed by atoms with Gasteiger partial charge >= 0.3 is 6.18 Å². The number of amides is 1. The quantitative estimate of drug-likeness (QED) is 0.666. The Kier molecular flexibility index (Phi) is 7.57. The van der Waals surface area contributed by atoms with Gasteiger partial charge in [-0.1, -0.05) is 19.9 Å². The Balaban J connectivity index is 1.70. The van der Waals surface area contributed by atoms with E-state index >= 15 is 0 Å². The summed E-state index contributed by atoms with van der Waals surface area (Å²) in [4.78, 5) is 14.6. The summed E-state index contributed by atoms with van der Waals surface area (Å²) in [6.07, 6.45) is -0.707. The maximum Gasteiger partial charge on any atom is 0.416 e. The number of carbonyl (C=O) groups is 1. The van der Waals surface area contributed by atoms with E-state index in [4.69, 9.17) is 0 Å². The van der Waals surface area contributed by atoms with Crippen molar-refractivity contribution >= 4 is 16.9 Å². The maximum absolute atomic E-state index is 13.3. The highest BCUT2D eigenvalue weighted by Gasteiger charge is 2.41. The first-order chi connectivity index (χ1) is 14.2. The highest BCUT2D eigenvalue weighted by Crippen LogP contribution is 2.36. The Morgan fingerprint density at radius 2 is 2.00 bits per heavy atom. The van der Waals surface area contributed by atoms with Crippen LogP contribution in [0.4, 0.5) is 13.2 Å². The second-order valence-corrected chi connectivity index (χ2v) is 9.75. The van der Waals surface area contributed by atoms with Gasteiger partial charge in [0.1, 0.15) is 11.0 Å². The van der Waals surface area contributed by atoms with Crippen LogP contribution in [0.15, 0.2) is 29.2 Å². The van der Waals surface area contributed by atoms with Crippen LogP contribution in [0.25, 0.3) is 0 Å². The summed E-state index contributed by atoms with van der Waals surface area (Å²) in [5.74, 6) is 0.0634. The molecule has 2 fully saturated rings. The SMILES string of the molecule is CC(C)NCCC(=O)N1CCCC(N(C2CC2)S(=O)c2cccc(C(F)(F)F)c2)C1. The molecule has 1 aliphatic carbocycles. The number of rotatable bonds is 8. The normalized spacial score (nSPS) is 21.3. The van der Waals surface area contributed by atoms with Crippen molar-refractivity contribution in [1.82, 2.24) is 14.5 Å². The minimum atomic E-state index is -4.47. The largest absolute Gasteiger partial charge is 0.416 e. The average molecular weight is 446 g/mol. The summed E-state index contributed by atoms with van der Waals surface area (Å²) in [6.45, 7) is 5.81. The number of hydrogen-bond donors (Lipinski definition) is 1. The molecule has 1 N–H and O–H groups in total. The lowest BCUT2D eigenvalue weighted by Crippen LogP contribution is -2.51. The summed E-state index contributed by atoms with van der Waals surface area (Å²) in [7, 11) is -1.69. The van der Waals surface area contributed by atoms with Crippen LogP contribution in [-0.2, 0) is 22.0 Å². The summed E-state index contributed by atoms with van der Waals surface area (Å²) < 4.78 is 54.4. The third kappa shape index (κ3) is 6.04. The van der Waals surface area contributed by atoms with Gasteiger partial charge in [0.15, 0.2) is 0 Å². The number of nitrogens with one attached hydrogen (secondary N) is 1. The van der Waals surface area contributed by atoms with Gasteiger partial charge in [-0.3, -0.25) is 4.79 Å². The van der Waals surface area contributed by atoms with Crippen LogP contribution in [0.1, 0.15) is 51.5 Å². The number of nitrogens with zero attached hydrogens (tertiary/aromatic N) is 2. The zero-order valence-corrected chi connectivity index (χ0v) is 18.3. The van der Waals surface area contributed by atoms with Crippen LogP contribution < -0.4 is 5.32 Å². The zero-order valence-electron chi connectivity index (χ0n) is 17.5. The van der Waals surface area contributed by atoms with Crippen molar-refractivity contribution in [2.24, 2.45) is 0 Å². The summed E-state index contributed by atoms with van der Waals surface area (Å²) in [5, 5.41) is 3.24. The number of likely N-dealkylation sites (tertiary alicyclic amines) is 1. The molecule has 3 rings (SSSR count). The molecule has 0 radical (unpaired) electrons. The molecule has 2 unspecified atom stereocenters. The molecule has 1 aromatic carbocycles. The molecule has 30 heavy (non-hydrogen) atoms. The molecule has 5 nitrogen and oxygen atoms in total. The van der Waals surface area contributed by atoms with Crippen molar-refractivity contribution in [3.05, 3.63) is 29.8 Å². The van der Waals surface area contributed by atoms with Gasteiger partial charge in [-0.15, -0.1) is 0 Å². The van der Waals surface area contributed by atoms with Gasteiger partial charge in [0.2, 0.25) is 5.91 Å². The van der Waals surface area contributed by atoms with E-state index in [1.165, 1.54) is 12.1 Å². The van der Waals surface area contributed by atoms with E-state index in [0.29, 0.717) is 32.1 Å². The highest BCUT2D eigenvalue weighted by molar-refractivity contribution is 7.82. The molecule has 1 amide bonds. The van der Waals surface area contributed by atoms with Crippen LogP contribution in [-0.4, -0.2) is 57.1 Å². The molecule has 1 aromatic rings. The van der Waals surface area contributed by atoms with Gasteiger partial charge in [-0.05, 0) is 43.9 Å². The lowest BCUT2D eigenvalue weighted by atomic mass is 10.1. The molecular weight excluding hydrogens is 415 g/mol. The molecule has 1 aliphatic heterocycles. The standard InChI is InChI=1S/C21H30F3N3O2S/c1-15(2)25-11-10-20(28)26-12-4-6-18(14-26)27(17-8-9-17)30(29)19-7-3-5-16(13-19)21(22,23)24/h3,5,7,13,15,17-18,25H,4,6,8-12,14H2,1-2H3. The van der Waals surface area contributed by atoms with Crippen LogP contribution in [0, 0.1) is 0 Å². The molecule has 2 atom stereocenters. The molecule has 0 bridgehead atoms. The van der Waals surface area contributed by atoms with Crippen LogP contribution in [0.3, 0.4) is 0 Å². The first-order valence-corrected chi connectivity index (χ1v) is 11.7. The van der Waals surface area contributed by atoms with Gasteiger partial charge in [0.05, 0.1) is 10.5 Å². The van der Waals surface area contributed by atoms with Crippen molar-refractivity contribution in [2.45, 2.75) is 75.1 Å². The van der Waals surface area contributed by atoms with Gasteiger partial charge in [-0.2, -0.15) is 13.2 Å². The minimum absolute atomic E-state index is 0.0634. The fourth-order valence-corrected chi connectivity index (χ4v) is 5.41. The second-order valence-electron chi connectivity index (χ2n) is 8.36. The lowest BCUT2D eigenvalue weighted by Gasteiger charge is -2.38. The molecule has 0 spiro atoms.